The molecular weight excluding hydrogens is 333 g/mol. The van der Waals surface area contributed by atoms with Gasteiger partial charge in [0.2, 0.25) is 0 Å². The van der Waals surface area contributed by atoms with Crippen LogP contribution in [-0.2, 0) is 6.54 Å². The maximum Gasteiger partial charge on any atom is 0.251 e. The minimum absolute atomic E-state index is 0.263. The van der Waals surface area contributed by atoms with Gasteiger partial charge in [-0.05, 0) is 51.8 Å². The molecule has 0 fully saturated rings. The molecule has 0 saturated carbocycles. The van der Waals surface area contributed by atoms with Gasteiger partial charge in [-0.25, -0.2) is 4.39 Å². The molecule has 2 aromatic rings. The molecule has 0 aliphatic carbocycles. The fourth-order valence-electron chi connectivity index (χ4n) is 1.57. The van der Waals surface area contributed by atoms with Crippen molar-refractivity contribution in [1.29, 1.82) is 0 Å². The van der Waals surface area contributed by atoms with Crippen molar-refractivity contribution in [2.24, 2.45) is 0 Å². The Morgan fingerprint density at radius 3 is 2.74 bits per heavy atom. The predicted molar refractivity (Wildman–Crippen MR) is 76.7 cm³/mol. The summed E-state index contributed by atoms with van der Waals surface area (Å²) >= 11 is 8.90. The van der Waals surface area contributed by atoms with E-state index >= 15 is 0 Å². The number of amides is 1. The Kier molecular flexibility index (Phi) is 4.56. The van der Waals surface area contributed by atoms with Gasteiger partial charge < -0.3 is 5.32 Å². The van der Waals surface area contributed by atoms with E-state index in [0.29, 0.717) is 17.1 Å². The largest absolute Gasteiger partial charge is 0.348 e. The van der Waals surface area contributed by atoms with E-state index in [9.17, 15) is 9.18 Å². The van der Waals surface area contributed by atoms with E-state index < -0.39 is 5.82 Å². The summed E-state index contributed by atoms with van der Waals surface area (Å²) in [6.45, 7) is 0.369. The Morgan fingerprint density at radius 1 is 1.26 bits per heavy atom. The number of hydrogen-bond acceptors (Lipinski definition) is 1. The van der Waals surface area contributed by atoms with E-state index in [-0.39, 0.29) is 10.4 Å². The molecular formula is C14H10BrClFNO. The second-order valence-electron chi connectivity index (χ2n) is 3.94. The third kappa shape index (κ3) is 3.78. The van der Waals surface area contributed by atoms with Crippen LogP contribution in [0.2, 0.25) is 5.02 Å². The van der Waals surface area contributed by atoms with Crippen LogP contribution >= 0.6 is 27.5 Å². The Hall–Kier alpha value is -1.39. The smallest absolute Gasteiger partial charge is 0.251 e. The van der Waals surface area contributed by atoms with Gasteiger partial charge in [-0.15, -0.1) is 0 Å². The summed E-state index contributed by atoms with van der Waals surface area (Å²) in [6.07, 6.45) is 0. The highest BCUT2D eigenvalue weighted by Gasteiger charge is 2.08. The van der Waals surface area contributed by atoms with E-state index in [1.807, 2.05) is 12.1 Å². The van der Waals surface area contributed by atoms with Crippen molar-refractivity contribution >= 4 is 33.4 Å². The molecule has 1 amide bonds. The maximum absolute atomic E-state index is 13.1. The van der Waals surface area contributed by atoms with Crippen LogP contribution in [0, 0.1) is 5.82 Å². The molecule has 19 heavy (non-hydrogen) atoms. The van der Waals surface area contributed by atoms with E-state index in [0.717, 1.165) is 5.56 Å². The number of nitrogens with one attached hydrogen (secondary N) is 1. The van der Waals surface area contributed by atoms with Crippen molar-refractivity contribution in [1.82, 2.24) is 5.32 Å². The third-order valence-electron chi connectivity index (χ3n) is 2.52. The molecule has 0 heterocycles. The fraction of sp³-hybridized carbons (Fsp3) is 0.0714. The lowest BCUT2D eigenvalue weighted by atomic mass is 10.2. The molecule has 0 aliphatic rings. The van der Waals surface area contributed by atoms with Gasteiger partial charge in [0.25, 0.3) is 5.91 Å². The van der Waals surface area contributed by atoms with Gasteiger partial charge in [0.1, 0.15) is 5.82 Å². The van der Waals surface area contributed by atoms with Crippen LogP contribution in [-0.4, -0.2) is 5.91 Å². The monoisotopic (exact) mass is 341 g/mol. The Labute approximate surface area is 123 Å². The first-order valence-corrected chi connectivity index (χ1v) is 6.71. The summed E-state index contributed by atoms with van der Waals surface area (Å²) in [7, 11) is 0. The minimum Gasteiger partial charge on any atom is -0.348 e. The molecule has 0 aliphatic heterocycles. The molecule has 0 spiro atoms. The lowest BCUT2D eigenvalue weighted by molar-refractivity contribution is 0.0951. The SMILES string of the molecule is O=C(NCc1cccc(Cl)c1)c1ccc(F)c(Br)c1. The summed E-state index contributed by atoms with van der Waals surface area (Å²) < 4.78 is 13.3. The van der Waals surface area contributed by atoms with Crippen LogP contribution in [0.3, 0.4) is 0 Å². The average Bonchev–Trinajstić information content (AvgIpc) is 2.39. The van der Waals surface area contributed by atoms with E-state index in [1.54, 1.807) is 12.1 Å². The Morgan fingerprint density at radius 2 is 2.05 bits per heavy atom. The number of carbonyl (C=O) groups is 1. The van der Waals surface area contributed by atoms with Crippen LogP contribution in [0.25, 0.3) is 0 Å². The Bertz CT molecular complexity index is 618. The van der Waals surface area contributed by atoms with Gasteiger partial charge in [-0.3, -0.25) is 4.79 Å². The topological polar surface area (TPSA) is 29.1 Å². The molecule has 5 heteroatoms. The zero-order valence-electron chi connectivity index (χ0n) is 9.79. The normalized spacial score (nSPS) is 10.3. The van der Waals surface area contributed by atoms with Crippen LogP contribution in [0.1, 0.15) is 15.9 Å². The molecule has 0 unspecified atom stereocenters. The number of halogens is 3. The second-order valence-corrected chi connectivity index (χ2v) is 5.23. The molecule has 0 saturated heterocycles. The van der Waals surface area contributed by atoms with Crippen molar-refractivity contribution in [2.45, 2.75) is 6.54 Å². The van der Waals surface area contributed by atoms with Gasteiger partial charge in [-0.2, -0.15) is 0 Å². The highest BCUT2D eigenvalue weighted by Crippen LogP contribution is 2.17. The number of benzene rings is 2. The first kappa shape index (κ1) is 14.0. The Balaban J connectivity index is 2.03. The number of carbonyl (C=O) groups excluding carboxylic acids is 1. The van der Waals surface area contributed by atoms with Crippen molar-refractivity contribution in [3.63, 3.8) is 0 Å². The van der Waals surface area contributed by atoms with Crippen LogP contribution < -0.4 is 5.32 Å². The lowest BCUT2D eigenvalue weighted by Crippen LogP contribution is -2.22. The molecule has 0 bridgehead atoms. The quantitative estimate of drug-likeness (QED) is 0.891. The lowest BCUT2D eigenvalue weighted by Gasteiger charge is -2.06. The summed E-state index contributed by atoms with van der Waals surface area (Å²) in [4.78, 5) is 11.9. The first-order valence-electron chi connectivity index (χ1n) is 5.54. The molecule has 0 radical (unpaired) electrons. The molecule has 2 rings (SSSR count). The van der Waals surface area contributed by atoms with Crippen molar-refractivity contribution in [3.05, 3.63) is 68.9 Å². The van der Waals surface area contributed by atoms with E-state index in [4.69, 9.17) is 11.6 Å². The summed E-state index contributed by atoms with van der Waals surface area (Å²) in [5.41, 5.74) is 1.30. The molecule has 0 atom stereocenters. The van der Waals surface area contributed by atoms with Gasteiger partial charge in [0.05, 0.1) is 4.47 Å². The van der Waals surface area contributed by atoms with Gasteiger partial charge >= 0.3 is 0 Å². The highest BCUT2D eigenvalue weighted by molar-refractivity contribution is 9.10. The third-order valence-corrected chi connectivity index (χ3v) is 3.37. The molecule has 2 nitrogen and oxygen atoms in total. The molecule has 1 N–H and O–H groups in total. The molecule has 98 valence electrons. The number of rotatable bonds is 3. The second kappa shape index (κ2) is 6.17. The van der Waals surface area contributed by atoms with Gasteiger partial charge in [0.15, 0.2) is 0 Å². The first-order chi connectivity index (χ1) is 9.06. The maximum atomic E-state index is 13.1. The molecule has 2 aromatic carbocycles. The van der Waals surface area contributed by atoms with Gasteiger partial charge in [-0.1, -0.05) is 23.7 Å². The van der Waals surface area contributed by atoms with Crippen molar-refractivity contribution in [2.75, 3.05) is 0 Å². The van der Waals surface area contributed by atoms with Crippen LogP contribution in [0.15, 0.2) is 46.9 Å². The van der Waals surface area contributed by atoms with E-state index in [2.05, 4.69) is 21.2 Å². The summed E-state index contributed by atoms with van der Waals surface area (Å²) in [6, 6.07) is 11.4. The highest BCUT2D eigenvalue weighted by atomic mass is 79.9. The number of hydrogen-bond donors (Lipinski definition) is 1. The molecule has 0 aromatic heterocycles. The van der Waals surface area contributed by atoms with Crippen molar-refractivity contribution in [3.8, 4) is 0 Å². The predicted octanol–water partition coefficient (Wildman–Crippen LogP) is 4.17. The zero-order valence-corrected chi connectivity index (χ0v) is 12.1. The van der Waals surface area contributed by atoms with Crippen LogP contribution in [0.5, 0.6) is 0 Å². The fourth-order valence-corrected chi connectivity index (χ4v) is 2.16. The zero-order chi connectivity index (χ0) is 13.8. The minimum atomic E-state index is -0.397. The summed E-state index contributed by atoms with van der Waals surface area (Å²) in [5.74, 6) is -0.660. The average molecular weight is 343 g/mol. The van der Waals surface area contributed by atoms with Gasteiger partial charge in [0, 0.05) is 17.1 Å². The van der Waals surface area contributed by atoms with Crippen molar-refractivity contribution < 1.29 is 9.18 Å². The summed E-state index contributed by atoms with van der Waals surface area (Å²) in [5, 5.41) is 3.37. The van der Waals surface area contributed by atoms with E-state index in [1.165, 1.54) is 18.2 Å². The standard InChI is InChI=1S/C14H10BrClFNO/c15-12-7-10(4-5-13(12)17)14(19)18-8-9-2-1-3-11(16)6-9/h1-7H,8H2,(H,18,19). The van der Waals surface area contributed by atoms with Crippen LogP contribution in [0.4, 0.5) is 4.39 Å².